The van der Waals surface area contributed by atoms with Crippen LogP contribution in [0.25, 0.3) is 0 Å². The highest BCUT2D eigenvalue weighted by molar-refractivity contribution is 7.92. The quantitative estimate of drug-likeness (QED) is 0.761. The van der Waals surface area contributed by atoms with E-state index >= 15 is 0 Å². The molecule has 0 aromatic heterocycles. The first-order valence-electron chi connectivity index (χ1n) is 4.85. The maximum Gasteiger partial charge on any atom is 0.232 e. The van der Waals surface area contributed by atoms with E-state index in [4.69, 9.17) is 0 Å². The number of nitrogens with zero attached hydrogens (tertiary/aromatic N) is 1. The third-order valence-electron chi connectivity index (χ3n) is 2.47. The summed E-state index contributed by atoms with van der Waals surface area (Å²) in [4.78, 5) is 0. The van der Waals surface area contributed by atoms with E-state index in [1.807, 2.05) is 24.3 Å². The third-order valence-corrected chi connectivity index (χ3v) is 3.65. The largest absolute Gasteiger partial charge is 0.311 e. The number of benzene rings is 1. The maximum absolute atomic E-state index is 11.6. The molecule has 0 saturated heterocycles. The molecule has 15 heavy (non-hydrogen) atoms. The van der Waals surface area contributed by atoms with Crippen molar-refractivity contribution in [1.82, 2.24) is 5.32 Å². The molecule has 1 aromatic carbocycles. The molecular formula is C10H14N2O2S. The van der Waals surface area contributed by atoms with Crippen LogP contribution in [0.3, 0.4) is 0 Å². The van der Waals surface area contributed by atoms with Gasteiger partial charge in [-0.25, -0.2) is 8.42 Å². The smallest absolute Gasteiger partial charge is 0.232 e. The summed E-state index contributed by atoms with van der Waals surface area (Å²) < 4.78 is 24.7. The number of sulfonamides is 1. The van der Waals surface area contributed by atoms with Crippen LogP contribution in [0.15, 0.2) is 24.3 Å². The predicted octanol–water partition coefficient (Wildman–Crippen LogP) is 0.556. The summed E-state index contributed by atoms with van der Waals surface area (Å²) in [6.07, 6.45) is 1.25. The summed E-state index contributed by atoms with van der Waals surface area (Å²) in [7, 11) is -3.17. The second-order valence-corrected chi connectivity index (χ2v) is 5.55. The van der Waals surface area contributed by atoms with E-state index in [0.717, 1.165) is 17.8 Å². The Bertz CT molecular complexity index is 456. The molecule has 0 unspecified atom stereocenters. The average molecular weight is 226 g/mol. The van der Waals surface area contributed by atoms with Crippen molar-refractivity contribution >= 4 is 15.7 Å². The highest BCUT2D eigenvalue weighted by Crippen LogP contribution is 2.23. The zero-order chi connectivity index (χ0) is 10.9. The molecule has 1 aromatic rings. The zero-order valence-corrected chi connectivity index (χ0v) is 9.42. The predicted molar refractivity (Wildman–Crippen MR) is 60.3 cm³/mol. The summed E-state index contributed by atoms with van der Waals surface area (Å²) in [5, 5.41) is 3.20. The Kier molecular flexibility index (Phi) is 2.67. The minimum atomic E-state index is -3.17. The van der Waals surface area contributed by atoms with Crippen molar-refractivity contribution in [1.29, 1.82) is 0 Å². The van der Waals surface area contributed by atoms with Gasteiger partial charge in [-0.15, -0.1) is 0 Å². The fourth-order valence-electron chi connectivity index (χ4n) is 1.77. The number of para-hydroxylation sites is 1. The van der Waals surface area contributed by atoms with Gasteiger partial charge in [0.1, 0.15) is 0 Å². The molecule has 1 aliphatic rings. The highest BCUT2D eigenvalue weighted by atomic mass is 32.2. The molecule has 0 aliphatic carbocycles. The molecule has 0 radical (unpaired) electrons. The van der Waals surface area contributed by atoms with E-state index in [2.05, 4.69) is 5.32 Å². The van der Waals surface area contributed by atoms with Crippen molar-refractivity contribution in [3.05, 3.63) is 29.8 Å². The summed E-state index contributed by atoms with van der Waals surface area (Å²) >= 11 is 0. The lowest BCUT2D eigenvalue weighted by molar-refractivity contribution is 0.595. The molecule has 5 heteroatoms. The monoisotopic (exact) mass is 226 g/mol. The molecule has 2 rings (SSSR count). The Morgan fingerprint density at radius 2 is 2.07 bits per heavy atom. The normalized spacial score (nSPS) is 17.0. The number of hydrogen-bond donors (Lipinski definition) is 1. The number of rotatable bonds is 1. The molecule has 0 saturated carbocycles. The molecule has 1 aliphatic heterocycles. The molecule has 0 atom stereocenters. The van der Waals surface area contributed by atoms with E-state index in [0.29, 0.717) is 13.1 Å². The van der Waals surface area contributed by atoms with Crippen LogP contribution in [0.5, 0.6) is 0 Å². The van der Waals surface area contributed by atoms with Crippen LogP contribution < -0.4 is 9.62 Å². The Balaban J connectivity index is 2.51. The van der Waals surface area contributed by atoms with Crippen molar-refractivity contribution in [3.63, 3.8) is 0 Å². The Morgan fingerprint density at radius 3 is 2.80 bits per heavy atom. The van der Waals surface area contributed by atoms with Gasteiger partial charge in [-0.3, -0.25) is 4.31 Å². The highest BCUT2D eigenvalue weighted by Gasteiger charge is 2.21. The lowest BCUT2D eigenvalue weighted by Crippen LogP contribution is -2.33. The minimum Gasteiger partial charge on any atom is -0.311 e. The Morgan fingerprint density at radius 1 is 1.33 bits per heavy atom. The molecule has 82 valence electrons. The summed E-state index contributed by atoms with van der Waals surface area (Å²) in [5.74, 6) is 0. The lowest BCUT2D eigenvalue weighted by atomic mass is 10.2. The van der Waals surface area contributed by atoms with Gasteiger partial charge >= 0.3 is 0 Å². The number of nitrogens with one attached hydrogen (secondary N) is 1. The Hall–Kier alpha value is -1.07. The topological polar surface area (TPSA) is 49.4 Å². The van der Waals surface area contributed by atoms with Gasteiger partial charge in [-0.1, -0.05) is 18.2 Å². The maximum atomic E-state index is 11.6. The lowest BCUT2D eigenvalue weighted by Gasteiger charge is -2.21. The van der Waals surface area contributed by atoms with Gasteiger partial charge in [0.15, 0.2) is 0 Å². The van der Waals surface area contributed by atoms with Gasteiger partial charge < -0.3 is 5.32 Å². The van der Waals surface area contributed by atoms with E-state index in [1.54, 1.807) is 0 Å². The molecule has 1 N–H and O–H groups in total. The van der Waals surface area contributed by atoms with Crippen molar-refractivity contribution in [2.45, 2.75) is 6.54 Å². The SMILES string of the molecule is CS(=O)(=O)N1CCNCc2ccccc21. The van der Waals surface area contributed by atoms with Gasteiger partial charge in [0.2, 0.25) is 10.0 Å². The van der Waals surface area contributed by atoms with Crippen LogP contribution in [0.1, 0.15) is 5.56 Å². The first kappa shape index (κ1) is 10.4. The van der Waals surface area contributed by atoms with Gasteiger partial charge in [0.05, 0.1) is 11.9 Å². The molecule has 0 fully saturated rings. The molecule has 0 spiro atoms. The van der Waals surface area contributed by atoms with Crippen LogP contribution in [0.4, 0.5) is 5.69 Å². The van der Waals surface area contributed by atoms with E-state index in [-0.39, 0.29) is 0 Å². The summed E-state index contributed by atoms with van der Waals surface area (Å²) in [6, 6.07) is 7.59. The Labute approximate surface area is 90.0 Å². The molecule has 4 nitrogen and oxygen atoms in total. The van der Waals surface area contributed by atoms with Crippen LogP contribution in [-0.4, -0.2) is 27.8 Å². The number of anilines is 1. The van der Waals surface area contributed by atoms with Gasteiger partial charge in [0.25, 0.3) is 0 Å². The van der Waals surface area contributed by atoms with Crippen LogP contribution in [0.2, 0.25) is 0 Å². The van der Waals surface area contributed by atoms with E-state index in [1.165, 1.54) is 10.6 Å². The molecule has 0 bridgehead atoms. The second kappa shape index (κ2) is 3.83. The van der Waals surface area contributed by atoms with Gasteiger partial charge in [-0.2, -0.15) is 0 Å². The van der Waals surface area contributed by atoms with Crippen molar-refractivity contribution in [3.8, 4) is 0 Å². The first-order chi connectivity index (χ1) is 7.09. The summed E-state index contributed by atoms with van der Waals surface area (Å²) in [5.41, 5.74) is 1.82. The number of fused-ring (bicyclic) bond motifs is 1. The van der Waals surface area contributed by atoms with Crippen LogP contribution in [0, 0.1) is 0 Å². The van der Waals surface area contributed by atoms with Crippen molar-refractivity contribution in [2.75, 3.05) is 23.7 Å². The second-order valence-electron chi connectivity index (χ2n) is 3.64. The van der Waals surface area contributed by atoms with Crippen molar-refractivity contribution < 1.29 is 8.42 Å². The molecule has 0 amide bonds. The van der Waals surface area contributed by atoms with Crippen LogP contribution in [-0.2, 0) is 16.6 Å². The van der Waals surface area contributed by atoms with Gasteiger partial charge in [0, 0.05) is 19.6 Å². The van der Waals surface area contributed by atoms with Crippen molar-refractivity contribution in [2.24, 2.45) is 0 Å². The minimum absolute atomic E-state index is 0.496. The first-order valence-corrected chi connectivity index (χ1v) is 6.70. The standard InChI is InChI=1S/C10H14N2O2S/c1-15(13,14)12-7-6-11-8-9-4-2-3-5-10(9)12/h2-5,11H,6-8H2,1H3. The van der Waals surface area contributed by atoms with Gasteiger partial charge in [-0.05, 0) is 11.6 Å². The molecular weight excluding hydrogens is 212 g/mol. The zero-order valence-electron chi connectivity index (χ0n) is 8.60. The van der Waals surface area contributed by atoms with E-state index in [9.17, 15) is 8.42 Å². The average Bonchev–Trinajstić information content (AvgIpc) is 2.38. The van der Waals surface area contributed by atoms with Crippen LogP contribution >= 0.6 is 0 Å². The fourth-order valence-corrected chi connectivity index (χ4v) is 2.73. The third kappa shape index (κ3) is 2.13. The fraction of sp³-hybridized carbons (Fsp3) is 0.400. The van der Waals surface area contributed by atoms with E-state index < -0.39 is 10.0 Å². The number of hydrogen-bond acceptors (Lipinski definition) is 3. The molecule has 1 heterocycles. The summed E-state index contributed by atoms with van der Waals surface area (Å²) in [6.45, 7) is 1.90.